The molecule has 1 atom stereocenters. The highest BCUT2D eigenvalue weighted by Gasteiger charge is 2.26. The van der Waals surface area contributed by atoms with Gasteiger partial charge in [0.25, 0.3) is 0 Å². The zero-order valence-corrected chi connectivity index (χ0v) is 40.1. The van der Waals surface area contributed by atoms with E-state index in [4.69, 9.17) is 14.4 Å². The zero-order chi connectivity index (χ0) is 47.4. The molecule has 11 aromatic carbocycles. The van der Waals surface area contributed by atoms with Crippen LogP contribution in [0.2, 0.25) is 0 Å². The Labute approximate surface area is 418 Å². The monoisotopic (exact) mass is 937 g/mol. The van der Waals surface area contributed by atoms with Crippen molar-refractivity contribution in [2.45, 2.75) is 13.3 Å². The molecule has 338 valence electrons. The Hall–Kier alpha value is -8.90. The minimum absolute atomic E-state index is 0.0803. The highest BCUT2D eigenvalue weighted by molar-refractivity contribution is 7.26. The molecule has 4 nitrogen and oxygen atoms in total. The molecule has 0 fully saturated rings. The summed E-state index contributed by atoms with van der Waals surface area (Å²) in [6.07, 6.45) is 3.12. The van der Waals surface area contributed by atoms with Gasteiger partial charge in [0.15, 0.2) is 11.4 Å². The Morgan fingerprint density at radius 2 is 1.12 bits per heavy atom. The molecule has 3 aromatic heterocycles. The molecule has 0 spiro atoms. The van der Waals surface area contributed by atoms with Gasteiger partial charge >= 0.3 is 0 Å². The fraction of sp³-hybridized carbons (Fsp3) is 0.0448. The Bertz CT molecular complexity index is 4660. The van der Waals surface area contributed by atoms with Crippen LogP contribution in [0.5, 0.6) is 0 Å². The summed E-state index contributed by atoms with van der Waals surface area (Å²) in [5.41, 5.74) is 12.2. The highest BCUT2D eigenvalue weighted by atomic mass is 32.1. The summed E-state index contributed by atoms with van der Waals surface area (Å²) >= 11 is 1.84. The van der Waals surface area contributed by atoms with E-state index in [0.717, 1.165) is 84.0 Å². The van der Waals surface area contributed by atoms with Gasteiger partial charge in [0.2, 0.25) is 0 Å². The maximum Gasteiger partial charge on any atom is 0.160 e. The largest absolute Gasteiger partial charge is 0.454 e. The predicted molar refractivity (Wildman–Crippen MR) is 307 cm³/mol. The Kier molecular flexibility index (Phi) is 9.14. The van der Waals surface area contributed by atoms with Gasteiger partial charge in [-0.3, -0.25) is 0 Å². The second kappa shape index (κ2) is 16.1. The summed E-state index contributed by atoms with van der Waals surface area (Å²) in [6.45, 7) is 2.30. The van der Waals surface area contributed by atoms with Crippen LogP contribution in [-0.2, 0) is 0 Å². The summed E-state index contributed by atoms with van der Waals surface area (Å²) in [7, 11) is 0. The van der Waals surface area contributed by atoms with Crippen LogP contribution in [0.1, 0.15) is 30.0 Å². The van der Waals surface area contributed by atoms with Gasteiger partial charge in [0.1, 0.15) is 5.58 Å². The van der Waals surface area contributed by atoms with E-state index >= 15 is 0 Å². The van der Waals surface area contributed by atoms with Crippen LogP contribution in [-0.4, -0.2) is 16.1 Å². The number of benzene rings is 11. The quantitative estimate of drug-likeness (QED) is 0.170. The van der Waals surface area contributed by atoms with Crippen LogP contribution in [0, 0.1) is 5.92 Å². The molecule has 0 radical (unpaired) electrons. The molecule has 14 aromatic rings. The second-order valence-electron chi connectivity index (χ2n) is 19.2. The summed E-state index contributed by atoms with van der Waals surface area (Å²) in [6, 6.07) is 79.1. The molecular formula is C67H43N3OS. The average Bonchev–Trinajstić information content (AvgIpc) is 4.11. The van der Waals surface area contributed by atoms with Gasteiger partial charge in [0.05, 0.1) is 28.1 Å². The SMILES string of the molecule is CC1C/C=C(c2cccc3c2sc2ccccc23)/N=C(c2ccc(-n3c4cc5ccccc5cc4c4c5ccccc5ccc43)c3oc4cc5ccccc5cc4c23)\N=C/1c1ccc(-c2ccccc2)cc1. The van der Waals surface area contributed by atoms with Gasteiger partial charge < -0.3 is 8.98 Å². The summed E-state index contributed by atoms with van der Waals surface area (Å²) in [4.78, 5) is 11.6. The minimum Gasteiger partial charge on any atom is -0.454 e. The third-order valence-corrected chi connectivity index (χ3v) is 16.2. The van der Waals surface area contributed by atoms with E-state index in [1.807, 2.05) is 11.3 Å². The molecule has 1 aliphatic heterocycles. The van der Waals surface area contributed by atoms with Crippen molar-refractivity contribution in [3.05, 3.63) is 241 Å². The number of hydrogen-bond acceptors (Lipinski definition) is 4. The minimum atomic E-state index is 0.0803. The van der Waals surface area contributed by atoms with Crippen LogP contribution in [0.3, 0.4) is 0 Å². The molecule has 0 amide bonds. The number of aromatic nitrogens is 1. The van der Waals surface area contributed by atoms with Crippen molar-refractivity contribution in [2.75, 3.05) is 0 Å². The van der Waals surface area contributed by atoms with Crippen molar-refractivity contribution in [3.8, 4) is 16.8 Å². The van der Waals surface area contributed by atoms with Crippen molar-refractivity contribution in [3.63, 3.8) is 0 Å². The van der Waals surface area contributed by atoms with E-state index in [2.05, 4.69) is 236 Å². The van der Waals surface area contributed by atoms with E-state index in [-0.39, 0.29) is 5.92 Å². The summed E-state index contributed by atoms with van der Waals surface area (Å²) < 4.78 is 12.3. The van der Waals surface area contributed by atoms with Crippen LogP contribution in [0.25, 0.3) is 119 Å². The first kappa shape index (κ1) is 40.9. The van der Waals surface area contributed by atoms with Crippen molar-refractivity contribution in [1.82, 2.24) is 4.57 Å². The lowest BCUT2D eigenvalue weighted by Crippen LogP contribution is -2.17. The lowest BCUT2D eigenvalue weighted by molar-refractivity contribution is 0.667. The highest BCUT2D eigenvalue weighted by Crippen LogP contribution is 2.45. The topological polar surface area (TPSA) is 42.8 Å². The summed E-state index contributed by atoms with van der Waals surface area (Å²) in [5, 5.41) is 14.1. The molecular weight excluding hydrogens is 895 g/mol. The molecule has 1 aliphatic rings. The third kappa shape index (κ3) is 6.37. The molecule has 5 heteroatoms. The number of aliphatic imine (C=N–C) groups is 2. The van der Waals surface area contributed by atoms with Crippen molar-refractivity contribution >= 4 is 125 Å². The first-order valence-corrected chi connectivity index (χ1v) is 25.6. The fourth-order valence-electron chi connectivity index (χ4n) is 11.5. The van der Waals surface area contributed by atoms with Gasteiger partial charge in [-0.15, -0.1) is 11.3 Å². The number of thiophene rings is 1. The molecule has 0 saturated heterocycles. The van der Waals surface area contributed by atoms with E-state index in [1.165, 1.54) is 63.6 Å². The van der Waals surface area contributed by atoms with Gasteiger partial charge in [-0.2, -0.15) is 0 Å². The number of rotatable bonds is 5. The predicted octanol–water partition coefficient (Wildman–Crippen LogP) is 18.5. The molecule has 0 N–H and O–H groups in total. The number of fused-ring (bicyclic) bond motifs is 13. The lowest BCUT2D eigenvalue weighted by atomic mass is 9.92. The van der Waals surface area contributed by atoms with Crippen molar-refractivity contribution in [2.24, 2.45) is 15.9 Å². The third-order valence-electron chi connectivity index (χ3n) is 15.0. The number of nitrogens with zero attached hydrogens (tertiary/aromatic N) is 3. The molecule has 72 heavy (non-hydrogen) atoms. The van der Waals surface area contributed by atoms with Crippen molar-refractivity contribution < 1.29 is 4.42 Å². The summed E-state index contributed by atoms with van der Waals surface area (Å²) in [5.74, 6) is 0.733. The maximum atomic E-state index is 7.33. The smallest absolute Gasteiger partial charge is 0.160 e. The number of allylic oxidation sites excluding steroid dienone is 1. The normalized spacial score (nSPS) is 16.7. The van der Waals surface area contributed by atoms with Crippen LogP contribution in [0.15, 0.2) is 239 Å². The number of amidine groups is 1. The standard InChI is InChI=1S/C67H43N3OS/c1-40-26-33-56(52-24-13-23-51-50-22-11-12-25-61(50)72-66(51)52)68-67(69-64(40)44-29-27-42(28-30-44)41-14-3-2-4-15-41)53-32-35-58(65-63(53)55-37-46-18-6-8-20-48(46)39-60(55)71-65)70-57-34-31-43-16-9-10-21-49(43)62(57)54-36-45-17-5-7-19-47(45)38-59(54)70/h2-25,27-40H,26H2,1H3/b56-33+,68-67-,69-64+. The van der Waals surface area contributed by atoms with E-state index in [9.17, 15) is 0 Å². The molecule has 0 saturated carbocycles. The lowest BCUT2D eigenvalue weighted by Gasteiger charge is -2.19. The zero-order valence-electron chi connectivity index (χ0n) is 39.3. The first-order chi connectivity index (χ1) is 35.6. The van der Waals surface area contributed by atoms with Gasteiger partial charge in [-0.05, 0) is 104 Å². The van der Waals surface area contributed by atoms with Gasteiger partial charge in [-0.25, -0.2) is 9.98 Å². The van der Waals surface area contributed by atoms with Gasteiger partial charge in [0, 0.05) is 58.8 Å². The Morgan fingerprint density at radius 3 is 1.93 bits per heavy atom. The second-order valence-corrected chi connectivity index (χ2v) is 20.3. The molecule has 4 heterocycles. The van der Waals surface area contributed by atoms with E-state index < -0.39 is 0 Å². The van der Waals surface area contributed by atoms with Crippen LogP contribution < -0.4 is 0 Å². The molecule has 0 bridgehead atoms. The Morgan fingerprint density at radius 1 is 0.472 bits per heavy atom. The number of hydrogen-bond donors (Lipinski definition) is 0. The molecule has 1 unspecified atom stereocenters. The average molecular weight is 938 g/mol. The Balaban J connectivity index is 1.03. The van der Waals surface area contributed by atoms with Gasteiger partial charge in [-0.1, -0.05) is 183 Å². The van der Waals surface area contributed by atoms with Crippen LogP contribution >= 0.6 is 11.3 Å². The molecule has 0 aliphatic carbocycles. The first-order valence-electron chi connectivity index (χ1n) is 24.8. The fourth-order valence-corrected chi connectivity index (χ4v) is 12.7. The molecule has 15 rings (SSSR count). The number of furan rings is 1. The maximum absolute atomic E-state index is 7.33. The van der Waals surface area contributed by atoms with E-state index in [0.29, 0.717) is 5.84 Å². The van der Waals surface area contributed by atoms with Crippen molar-refractivity contribution in [1.29, 1.82) is 0 Å². The van der Waals surface area contributed by atoms with Crippen LogP contribution in [0.4, 0.5) is 0 Å². The van der Waals surface area contributed by atoms with E-state index in [1.54, 1.807) is 0 Å².